The molecule has 0 radical (unpaired) electrons. The molecule has 2 nitrogen and oxygen atoms in total. The molecule has 2 N–H and O–H groups in total. The van der Waals surface area contributed by atoms with Gasteiger partial charge in [-0.1, -0.05) is 22.0 Å². The van der Waals surface area contributed by atoms with Gasteiger partial charge in [0.15, 0.2) is 0 Å². The highest BCUT2D eigenvalue weighted by atomic mass is 79.9. The smallest absolute Gasteiger partial charge is 0.0644 e. The number of hydrogen-bond donors (Lipinski definition) is 2. The minimum absolute atomic E-state index is 0.215. The van der Waals surface area contributed by atoms with Gasteiger partial charge in [0.1, 0.15) is 0 Å². The normalized spacial score (nSPS) is 11.2. The van der Waals surface area contributed by atoms with Crippen molar-refractivity contribution in [1.29, 1.82) is 0 Å². The summed E-state index contributed by atoms with van der Waals surface area (Å²) in [6.07, 6.45) is 3.96. The van der Waals surface area contributed by atoms with Crippen molar-refractivity contribution in [3.63, 3.8) is 0 Å². The van der Waals surface area contributed by atoms with Gasteiger partial charge in [0.25, 0.3) is 0 Å². The summed E-state index contributed by atoms with van der Waals surface area (Å²) in [5.74, 6) is 0.215. The Kier molecular flexibility index (Phi) is 3.53. The van der Waals surface area contributed by atoms with Gasteiger partial charge in [-0.2, -0.15) is 0 Å². The van der Waals surface area contributed by atoms with Crippen molar-refractivity contribution in [3.8, 4) is 0 Å². The van der Waals surface area contributed by atoms with Crippen LogP contribution < -0.4 is 0 Å². The standard InChI is InChI=1S/C17H17BrN2/c1-11-10-14(18)12(2)9-13(11)17(15-5-3-7-19-15)16-6-4-8-20-16/h3-10,17,19-20H,1-2H3. The van der Waals surface area contributed by atoms with E-state index < -0.39 is 0 Å². The zero-order valence-electron chi connectivity index (χ0n) is 11.6. The maximum atomic E-state index is 3.61. The van der Waals surface area contributed by atoms with E-state index in [-0.39, 0.29) is 5.92 Å². The average Bonchev–Trinajstić information content (AvgIpc) is 3.09. The molecule has 20 heavy (non-hydrogen) atoms. The van der Waals surface area contributed by atoms with Crippen molar-refractivity contribution < 1.29 is 0 Å². The monoisotopic (exact) mass is 328 g/mol. The highest BCUT2D eigenvalue weighted by molar-refractivity contribution is 9.10. The molecule has 0 atom stereocenters. The largest absolute Gasteiger partial charge is 0.364 e. The van der Waals surface area contributed by atoms with Crippen LogP contribution in [0, 0.1) is 13.8 Å². The maximum absolute atomic E-state index is 3.61. The second-order valence-corrected chi connectivity index (χ2v) is 6.00. The van der Waals surface area contributed by atoms with Gasteiger partial charge in [-0.15, -0.1) is 0 Å². The lowest BCUT2D eigenvalue weighted by Gasteiger charge is -2.19. The van der Waals surface area contributed by atoms with E-state index in [1.165, 1.54) is 28.1 Å². The van der Waals surface area contributed by atoms with E-state index >= 15 is 0 Å². The van der Waals surface area contributed by atoms with Gasteiger partial charge in [0, 0.05) is 28.3 Å². The van der Waals surface area contributed by atoms with E-state index in [4.69, 9.17) is 0 Å². The third kappa shape index (κ3) is 2.34. The summed E-state index contributed by atoms with van der Waals surface area (Å²) in [5.41, 5.74) is 6.29. The van der Waals surface area contributed by atoms with Gasteiger partial charge >= 0.3 is 0 Å². The number of aromatic amines is 2. The van der Waals surface area contributed by atoms with Crippen LogP contribution in [-0.4, -0.2) is 9.97 Å². The Morgan fingerprint density at radius 3 is 2.00 bits per heavy atom. The fourth-order valence-electron chi connectivity index (χ4n) is 2.66. The van der Waals surface area contributed by atoms with Crippen LogP contribution in [-0.2, 0) is 0 Å². The van der Waals surface area contributed by atoms with E-state index in [1.54, 1.807) is 0 Å². The van der Waals surface area contributed by atoms with Gasteiger partial charge in [0.05, 0.1) is 5.92 Å². The molecular formula is C17H17BrN2. The molecule has 0 aliphatic rings. The van der Waals surface area contributed by atoms with E-state index in [9.17, 15) is 0 Å². The average molecular weight is 329 g/mol. The third-order valence-corrected chi connectivity index (χ3v) is 4.58. The lowest BCUT2D eigenvalue weighted by Crippen LogP contribution is -2.07. The predicted octanol–water partition coefficient (Wildman–Crippen LogP) is 4.90. The van der Waals surface area contributed by atoms with Crippen LogP contribution in [0.15, 0.2) is 53.3 Å². The Balaban J connectivity index is 2.18. The first-order valence-electron chi connectivity index (χ1n) is 6.70. The van der Waals surface area contributed by atoms with Gasteiger partial charge < -0.3 is 9.97 Å². The molecule has 102 valence electrons. The van der Waals surface area contributed by atoms with E-state index in [0.29, 0.717) is 0 Å². The summed E-state index contributed by atoms with van der Waals surface area (Å²) >= 11 is 3.61. The Labute approximate surface area is 127 Å². The number of benzene rings is 1. The van der Waals surface area contributed by atoms with Gasteiger partial charge in [-0.05, 0) is 60.9 Å². The lowest BCUT2D eigenvalue weighted by atomic mass is 9.88. The van der Waals surface area contributed by atoms with Crippen molar-refractivity contribution in [3.05, 3.63) is 81.3 Å². The lowest BCUT2D eigenvalue weighted by molar-refractivity contribution is 0.886. The number of halogens is 1. The Bertz CT molecular complexity index is 663. The van der Waals surface area contributed by atoms with Gasteiger partial charge in [-0.25, -0.2) is 0 Å². The van der Waals surface area contributed by atoms with Crippen molar-refractivity contribution in [1.82, 2.24) is 9.97 Å². The number of H-pyrrole nitrogens is 2. The zero-order valence-corrected chi connectivity index (χ0v) is 13.2. The summed E-state index contributed by atoms with van der Waals surface area (Å²) < 4.78 is 1.16. The first kappa shape index (κ1) is 13.3. The fourth-order valence-corrected chi connectivity index (χ4v) is 3.12. The summed E-state index contributed by atoms with van der Waals surface area (Å²) in [7, 11) is 0. The molecule has 2 heterocycles. The summed E-state index contributed by atoms with van der Waals surface area (Å²) in [4.78, 5) is 6.71. The number of nitrogens with one attached hydrogen (secondary N) is 2. The molecule has 1 aromatic carbocycles. The molecule has 0 aliphatic carbocycles. The molecule has 0 unspecified atom stereocenters. The van der Waals surface area contributed by atoms with Crippen LogP contribution in [0.25, 0.3) is 0 Å². The highest BCUT2D eigenvalue weighted by Crippen LogP contribution is 2.34. The molecule has 3 heteroatoms. The number of rotatable bonds is 3. The minimum Gasteiger partial charge on any atom is -0.364 e. The van der Waals surface area contributed by atoms with E-state index in [0.717, 1.165) is 4.47 Å². The molecule has 0 saturated heterocycles. The number of hydrogen-bond acceptors (Lipinski definition) is 0. The Hall–Kier alpha value is -1.74. The van der Waals surface area contributed by atoms with Gasteiger partial charge in [0.2, 0.25) is 0 Å². The summed E-state index contributed by atoms with van der Waals surface area (Å²) in [6, 6.07) is 12.8. The van der Waals surface area contributed by atoms with Crippen molar-refractivity contribution in [2.75, 3.05) is 0 Å². The first-order chi connectivity index (χ1) is 9.66. The molecule has 0 amide bonds. The van der Waals surface area contributed by atoms with E-state index in [2.05, 4.69) is 64.0 Å². The molecule has 0 saturated carbocycles. The number of aryl methyl sites for hydroxylation is 2. The van der Waals surface area contributed by atoms with Gasteiger partial charge in [-0.3, -0.25) is 0 Å². The third-order valence-electron chi connectivity index (χ3n) is 3.72. The topological polar surface area (TPSA) is 31.6 Å². The van der Waals surface area contributed by atoms with Crippen molar-refractivity contribution >= 4 is 15.9 Å². The molecule has 3 rings (SSSR count). The van der Waals surface area contributed by atoms with Crippen LogP contribution in [0.1, 0.15) is 34.0 Å². The summed E-state index contributed by atoms with van der Waals surface area (Å²) in [5, 5.41) is 0. The maximum Gasteiger partial charge on any atom is 0.0644 e. The first-order valence-corrected chi connectivity index (χ1v) is 7.49. The molecule has 0 spiro atoms. The van der Waals surface area contributed by atoms with Crippen LogP contribution in [0.4, 0.5) is 0 Å². The molecule has 0 bridgehead atoms. The fraction of sp³-hybridized carbons (Fsp3) is 0.176. The predicted molar refractivity (Wildman–Crippen MR) is 86.1 cm³/mol. The van der Waals surface area contributed by atoms with Crippen LogP contribution >= 0.6 is 15.9 Å². The van der Waals surface area contributed by atoms with Crippen LogP contribution in [0.3, 0.4) is 0 Å². The molecule has 0 fully saturated rings. The second-order valence-electron chi connectivity index (χ2n) is 5.14. The van der Waals surface area contributed by atoms with Crippen LogP contribution in [0.2, 0.25) is 0 Å². The molecule has 3 aromatic rings. The molecular weight excluding hydrogens is 312 g/mol. The van der Waals surface area contributed by atoms with Crippen molar-refractivity contribution in [2.45, 2.75) is 19.8 Å². The minimum atomic E-state index is 0.215. The molecule has 0 aliphatic heterocycles. The SMILES string of the molecule is Cc1cc(C(c2ccc[nH]2)c2ccc[nH]2)c(C)cc1Br. The number of aromatic nitrogens is 2. The Morgan fingerprint density at radius 1 is 0.900 bits per heavy atom. The second kappa shape index (κ2) is 5.33. The molecule has 2 aromatic heterocycles. The zero-order chi connectivity index (χ0) is 14.1. The Morgan fingerprint density at radius 2 is 1.50 bits per heavy atom. The van der Waals surface area contributed by atoms with Crippen molar-refractivity contribution in [2.24, 2.45) is 0 Å². The van der Waals surface area contributed by atoms with Crippen LogP contribution in [0.5, 0.6) is 0 Å². The van der Waals surface area contributed by atoms with E-state index in [1.807, 2.05) is 24.5 Å². The summed E-state index contributed by atoms with van der Waals surface area (Å²) in [6.45, 7) is 4.30. The quantitative estimate of drug-likeness (QED) is 0.685. The highest BCUT2D eigenvalue weighted by Gasteiger charge is 2.20.